The number of rotatable bonds is 11. The molecule has 4 aromatic rings. The lowest BCUT2D eigenvalue weighted by atomic mass is 9.81. The minimum absolute atomic E-state index is 0.0704. The molecule has 2 aliphatic carbocycles. The molecule has 3 aliphatic heterocycles. The number of thiazole rings is 1. The van der Waals surface area contributed by atoms with E-state index in [2.05, 4.69) is 87.3 Å². The molecule has 0 radical (unpaired) electrons. The van der Waals surface area contributed by atoms with Crippen molar-refractivity contribution in [1.29, 1.82) is 0 Å². The highest BCUT2D eigenvalue weighted by molar-refractivity contribution is 7.10. The lowest BCUT2D eigenvalue weighted by Gasteiger charge is -2.37. The molecule has 0 spiro atoms. The maximum atomic E-state index is 14.7. The summed E-state index contributed by atoms with van der Waals surface area (Å²) in [6, 6.07) is 6.99. The number of hydrogen-bond donors (Lipinski definition) is 3. The van der Waals surface area contributed by atoms with Crippen molar-refractivity contribution < 1.29 is 33.3 Å². The summed E-state index contributed by atoms with van der Waals surface area (Å²) >= 11 is 1.42. The largest absolute Gasteiger partial charge is 0.464 e. The summed E-state index contributed by atoms with van der Waals surface area (Å²) < 4.78 is 27.2. The Morgan fingerprint density at radius 3 is 2.60 bits per heavy atom. The molecule has 15 heteroatoms. The van der Waals surface area contributed by atoms with Gasteiger partial charge < -0.3 is 34.6 Å². The highest BCUT2D eigenvalue weighted by atomic mass is 32.1. The fourth-order valence-electron chi connectivity index (χ4n) is 11.3. The van der Waals surface area contributed by atoms with Gasteiger partial charge in [0.25, 0.3) is 5.91 Å². The number of benzene rings is 1. The number of carbonyl (C=O) groups excluding carboxylic acids is 3. The van der Waals surface area contributed by atoms with Crippen LogP contribution in [-0.4, -0.2) is 95.5 Å². The van der Waals surface area contributed by atoms with Crippen molar-refractivity contribution in [1.82, 2.24) is 30.3 Å². The number of nitrogens with zero attached hydrogens (tertiary/aromatic N) is 4. The number of fused-ring (bicyclic) bond motifs is 6. The summed E-state index contributed by atoms with van der Waals surface area (Å²) in [5, 5.41) is 8.25. The number of ether oxygens (including phenoxy) is 4. The van der Waals surface area contributed by atoms with Crippen molar-refractivity contribution in [2.24, 2.45) is 40.7 Å². The molecule has 2 unspecified atom stereocenters. The van der Waals surface area contributed by atoms with Gasteiger partial charge in [-0.3, -0.25) is 24.4 Å². The van der Waals surface area contributed by atoms with Crippen molar-refractivity contribution in [3.05, 3.63) is 57.7 Å². The van der Waals surface area contributed by atoms with Crippen molar-refractivity contribution in [2.75, 3.05) is 40.1 Å². The number of nitrogens with two attached hydrogens (primary N) is 1. The second-order valence-electron chi connectivity index (χ2n) is 21.3. The molecule has 6 bridgehead atoms. The van der Waals surface area contributed by atoms with E-state index in [4.69, 9.17) is 34.6 Å². The molecular weight excluding hydrogens is 879 g/mol. The molecule has 1 aromatic carbocycles. The third-order valence-electron chi connectivity index (χ3n) is 15.5. The van der Waals surface area contributed by atoms with Crippen LogP contribution in [0.25, 0.3) is 33.4 Å². The molecule has 2 amide bonds. The van der Waals surface area contributed by atoms with Crippen LogP contribution in [0.1, 0.15) is 133 Å². The van der Waals surface area contributed by atoms with Gasteiger partial charge in [0.15, 0.2) is 0 Å². The van der Waals surface area contributed by atoms with Crippen LogP contribution >= 0.6 is 11.3 Å². The first-order valence-corrected chi connectivity index (χ1v) is 26.2. The summed E-state index contributed by atoms with van der Waals surface area (Å²) in [6.07, 6.45) is 8.20. The molecule has 6 heterocycles. The van der Waals surface area contributed by atoms with Gasteiger partial charge in [-0.15, -0.1) is 11.3 Å². The summed E-state index contributed by atoms with van der Waals surface area (Å²) in [5.74, 6) is 0.738. The molecule has 5 aliphatic rings. The number of esters is 1. The lowest BCUT2D eigenvalue weighted by Crippen LogP contribution is -2.61. The number of cyclic esters (lactones) is 1. The van der Waals surface area contributed by atoms with Gasteiger partial charge in [0.05, 0.1) is 36.4 Å². The van der Waals surface area contributed by atoms with Gasteiger partial charge in [-0.1, -0.05) is 46.6 Å². The molecule has 2 saturated heterocycles. The van der Waals surface area contributed by atoms with E-state index in [0.717, 1.165) is 70.0 Å². The predicted octanol–water partition coefficient (Wildman–Crippen LogP) is 8.28. The van der Waals surface area contributed by atoms with Crippen LogP contribution in [0.3, 0.4) is 0 Å². The van der Waals surface area contributed by atoms with Crippen LogP contribution in [0.4, 0.5) is 0 Å². The fraction of sp³-hybridized carbons (Fsp3) is 0.642. The number of nitrogens with one attached hydrogen (secondary N) is 2. The molecule has 4 N–H and O–H groups in total. The zero-order valence-electron chi connectivity index (χ0n) is 41.3. The van der Waals surface area contributed by atoms with Crippen LogP contribution in [-0.2, 0) is 46.3 Å². The van der Waals surface area contributed by atoms with E-state index in [1.54, 1.807) is 7.11 Å². The summed E-state index contributed by atoms with van der Waals surface area (Å²) in [5.41, 5.74) is 17.4. The molecule has 9 rings (SSSR count). The van der Waals surface area contributed by atoms with Crippen LogP contribution in [0.5, 0.6) is 0 Å². The van der Waals surface area contributed by atoms with E-state index >= 15 is 0 Å². The van der Waals surface area contributed by atoms with E-state index < -0.39 is 29.6 Å². The third-order valence-corrected chi connectivity index (χ3v) is 16.4. The molecular formula is C53H73N7O7S. The number of aryl methyl sites for hydroxylation is 1. The molecule has 2 saturated carbocycles. The molecule has 3 aromatic heterocycles. The number of hydrogen-bond acceptors (Lipinski definition) is 12. The van der Waals surface area contributed by atoms with Crippen molar-refractivity contribution >= 4 is 40.0 Å². The zero-order chi connectivity index (χ0) is 48.0. The smallest absolute Gasteiger partial charge is 0.324 e. The van der Waals surface area contributed by atoms with Crippen molar-refractivity contribution in [2.45, 2.75) is 143 Å². The van der Waals surface area contributed by atoms with E-state index in [9.17, 15) is 14.4 Å². The van der Waals surface area contributed by atoms with Gasteiger partial charge >= 0.3 is 5.97 Å². The maximum absolute atomic E-state index is 14.7. The fourth-order valence-corrected chi connectivity index (χ4v) is 12.2. The van der Waals surface area contributed by atoms with Crippen molar-refractivity contribution in [3.63, 3.8) is 0 Å². The Hall–Kier alpha value is -4.25. The SMILES string of the molecule is CCO[C@@H]1c2nc(cs2)-c2ccc3c(c2)c(c(-c2cc([C@@H]4CC(N)COCC(CC5CC5)C4)cnc2[C@H](C)OC)n3CC)CC(C)(C)COC(=O)[C@@H]2CCCN(N2)C(=O)[C@H]1NC(=O)[C@H]1[C@H](C)[C@@H]1C. The Kier molecular flexibility index (Phi) is 14.5. The Morgan fingerprint density at radius 2 is 1.88 bits per heavy atom. The predicted molar refractivity (Wildman–Crippen MR) is 263 cm³/mol. The average molecular weight is 952 g/mol. The van der Waals surface area contributed by atoms with Crippen LogP contribution in [0.15, 0.2) is 35.8 Å². The molecule has 68 heavy (non-hydrogen) atoms. The summed E-state index contributed by atoms with van der Waals surface area (Å²) in [7, 11) is 1.73. The van der Waals surface area contributed by atoms with Gasteiger partial charge in [-0.2, -0.15) is 0 Å². The second-order valence-corrected chi connectivity index (χ2v) is 22.2. The standard InChI is InChI=1S/C53H73N7O7S/c1-9-59-43-16-15-34-21-38(43)40(47(59)39-22-36(24-55-45(39)31(5)64-8)35-19-33(18-32-13-14-32)25-65-26-37(54)20-35)23-53(6,7)28-67-52(63)41-12-11-17-60(58-41)51(62)46(57-49(61)44-29(3)30(44)4)48(66-10-2)50-56-42(34)27-68-50/h15-16,21-22,24,27,29-33,35,37,41,44,46,48,58H,9-14,17-20,23,25-26,28,54H2,1-8H3,(H,57,61)/t29-,30+,31-,33?,35-,37?,41-,44+,46-,48-/m0/s1. The van der Waals surface area contributed by atoms with E-state index in [1.807, 2.05) is 12.3 Å². The molecule has 14 nitrogen and oxygen atoms in total. The molecule has 4 fully saturated rings. The van der Waals surface area contributed by atoms with Crippen LogP contribution < -0.4 is 16.5 Å². The highest BCUT2D eigenvalue weighted by Gasteiger charge is 2.50. The number of aromatic nitrogens is 3. The highest BCUT2D eigenvalue weighted by Crippen LogP contribution is 2.47. The van der Waals surface area contributed by atoms with Gasteiger partial charge in [0, 0.05) is 84.4 Å². The molecule has 368 valence electrons. The maximum Gasteiger partial charge on any atom is 0.324 e. The second kappa shape index (κ2) is 20.2. The Labute approximate surface area is 405 Å². The lowest BCUT2D eigenvalue weighted by molar-refractivity contribution is -0.156. The Bertz CT molecular complexity index is 2470. The van der Waals surface area contributed by atoms with Gasteiger partial charge in [-0.05, 0) is 118 Å². The third kappa shape index (κ3) is 10.2. The van der Waals surface area contributed by atoms with E-state index in [1.165, 1.54) is 41.2 Å². The van der Waals surface area contributed by atoms with Crippen LogP contribution in [0, 0.1) is 35.0 Å². The number of pyridine rings is 1. The monoisotopic (exact) mass is 952 g/mol. The Morgan fingerprint density at radius 1 is 1.09 bits per heavy atom. The van der Waals surface area contributed by atoms with Crippen molar-refractivity contribution in [3.8, 4) is 22.5 Å². The number of amides is 2. The normalized spacial score (nSPS) is 29.4. The van der Waals surface area contributed by atoms with Gasteiger partial charge in [0.2, 0.25) is 5.91 Å². The summed E-state index contributed by atoms with van der Waals surface area (Å²) in [6.45, 7) is 17.3. The van der Waals surface area contributed by atoms with E-state index in [0.29, 0.717) is 56.5 Å². The topological polar surface area (TPSA) is 172 Å². The van der Waals surface area contributed by atoms with E-state index in [-0.39, 0.29) is 54.2 Å². The zero-order valence-corrected chi connectivity index (χ0v) is 42.2. The first kappa shape index (κ1) is 48.8. The number of methoxy groups -OCH3 is 1. The average Bonchev–Trinajstić information content (AvgIpc) is 4.15. The number of carbonyl (C=O) groups is 3. The number of hydrazine groups is 1. The summed E-state index contributed by atoms with van der Waals surface area (Å²) in [4.78, 5) is 53.1. The van der Waals surface area contributed by atoms with Gasteiger partial charge in [-0.25, -0.2) is 10.4 Å². The quantitative estimate of drug-likeness (QED) is 0.124. The first-order chi connectivity index (χ1) is 32.7. The van der Waals surface area contributed by atoms with Gasteiger partial charge in [0.1, 0.15) is 23.2 Å². The Balaban J connectivity index is 1.19. The minimum atomic E-state index is -1.08. The minimum Gasteiger partial charge on any atom is -0.464 e. The van der Waals surface area contributed by atoms with Crippen LogP contribution in [0.2, 0.25) is 0 Å². The molecule has 10 atom stereocenters. The first-order valence-electron chi connectivity index (χ1n) is 25.3.